The van der Waals surface area contributed by atoms with Gasteiger partial charge in [0.25, 0.3) is 5.91 Å². The van der Waals surface area contributed by atoms with Crippen LogP contribution in [-0.4, -0.2) is 30.1 Å². The van der Waals surface area contributed by atoms with Crippen molar-refractivity contribution in [2.75, 3.05) is 13.2 Å². The molecule has 1 amide bonds. The molecule has 5 rings (SSSR count). The number of hydrogen-bond donors (Lipinski definition) is 0. The molecule has 2 aromatic carbocycles. The van der Waals surface area contributed by atoms with Crippen molar-refractivity contribution >= 4 is 17.2 Å². The molecule has 0 fully saturated rings. The third kappa shape index (κ3) is 2.88. The number of hydrogen-bond acceptors (Lipinski definition) is 4. The number of carbonyl (C=O) groups excluding carboxylic acids is 1. The number of ether oxygens (including phenoxy) is 2. The lowest BCUT2D eigenvalue weighted by Gasteiger charge is -2.39. The zero-order valence-corrected chi connectivity index (χ0v) is 15.5. The topological polar surface area (TPSA) is 38.8 Å². The van der Waals surface area contributed by atoms with E-state index in [0.717, 1.165) is 12.0 Å². The van der Waals surface area contributed by atoms with Gasteiger partial charge in [0.15, 0.2) is 11.5 Å². The van der Waals surface area contributed by atoms with Crippen LogP contribution in [0.3, 0.4) is 0 Å². The molecular formula is C22H19NO3S. The van der Waals surface area contributed by atoms with E-state index in [9.17, 15) is 4.79 Å². The number of thiophene rings is 1. The van der Waals surface area contributed by atoms with Crippen molar-refractivity contribution in [3.8, 4) is 11.5 Å². The molecule has 0 aliphatic carbocycles. The van der Waals surface area contributed by atoms with Crippen LogP contribution < -0.4 is 9.47 Å². The van der Waals surface area contributed by atoms with Crippen LogP contribution in [0, 0.1) is 0 Å². The van der Waals surface area contributed by atoms with Crippen molar-refractivity contribution in [2.45, 2.75) is 18.6 Å². The minimum Gasteiger partial charge on any atom is -0.485 e. The van der Waals surface area contributed by atoms with Gasteiger partial charge < -0.3 is 14.4 Å². The summed E-state index contributed by atoms with van der Waals surface area (Å²) in [6, 6.07) is 19.8. The van der Waals surface area contributed by atoms with Crippen LogP contribution in [0.2, 0.25) is 0 Å². The second-order valence-electron chi connectivity index (χ2n) is 6.76. The summed E-state index contributed by atoms with van der Waals surface area (Å²) in [5.41, 5.74) is 2.35. The molecule has 0 saturated carbocycles. The third-order valence-electron chi connectivity index (χ3n) is 5.15. The predicted octanol–water partition coefficient (Wildman–Crippen LogP) is 4.06. The molecule has 0 bridgehead atoms. The summed E-state index contributed by atoms with van der Waals surface area (Å²) in [6.07, 6.45) is 0.262. The molecule has 0 saturated heterocycles. The molecule has 2 aliphatic rings. The lowest BCUT2D eigenvalue weighted by molar-refractivity contribution is -0.143. The largest absolute Gasteiger partial charge is 0.485 e. The van der Waals surface area contributed by atoms with E-state index in [-0.39, 0.29) is 18.6 Å². The fraction of sp³-hybridized carbons (Fsp3) is 0.227. The van der Waals surface area contributed by atoms with Gasteiger partial charge in [-0.15, -0.1) is 11.3 Å². The summed E-state index contributed by atoms with van der Waals surface area (Å²) in [6.45, 7) is 0.928. The molecule has 1 aromatic heterocycles. The molecule has 2 aliphatic heterocycles. The highest BCUT2D eigenvalue weighted by molar-refractivity contribution is 7.10. The van der Waals surface area contributed by atoms with Gasteiger partial charge in [-0.2, -0.15) is 0 Å². The van der Waals surface area contributed by atoms with Gasteiger partial charge in [-0.25, -0.2) is 0 Å². The second kappa shape index (κ2) is 6.74. The first-order valence-corrected chi connectivity index (χ1v) is 9.99. The van der Waals surface area contributed by atoms with Gasteiger partial charge in [0.2, 0.25) is 6.10 Å². The zero-order valence-electron chi connectivity index (χ0n) is 14.7. The van der Waals surface area contributed by atoms with E-state index in [1.807, 2.05) is 47.4 Å². The van der Waals surface area contributed by atoms with Gasteiger partial charge in [-0.1, -0.05) is 42.5 Å². The van der Waals surface area contributed by atoms with Crippen LogP contribution in [0.5, 0.6) is 11.5 Å². The van der Waals surface area contributed by atoms with E-state index in [1.54, 1.807) is 11.3 Å². The molecule has 5 heteroatoms. The number of amides is 1. The number of benzene rings is 2. The third-order valence-corrected chi connectivity index (χ3v) is 6.14. The minimum absolute atomic E-state index is 0.0183. The average Bonchev–Trinajstić information content (AvgIpc) is 3.21. The summed E-state index contributed by atoms with van der Waals surface area (Å²) < 4.78 is 11.8. The molecular weight excluding hydrogens is 358 g/mol. The minimum atomic E-state index is -0.619. The Balaban J connectivity index is 1.47. The van der Waals surface area contributed by atoms with Crippen LogP contribution in [-0.2, 0) is 11.2 Å². The first-order chi connectivity index (χ1) is 13.3. The monoisotopic (exact) mass is 377 g/mol. The van der Waals surface area contributed by atoms with Gasteiger partial charge in [0.05, 0.1) is 6.04 Å². The van der Waals surface area contributed by atoms with Crippen LogP contribution in [0.25, 0.3) is 0 Å². The van der Waals surface area contributed by atoms with Crippen LogP contribution >= 0.6 is 11.3 Å². The molecule has 0 unspecified atom stereocenters. The summed E-state index contributed by atoms with van der Waals surface area (Å²) in [5, 5.41) is 2.12. The molecule has 136 valence electrons. The normalized spacial score (nSPS) is 20.8. The molecule has 0 N–H and O–H groups in total. The molecule has 0 radical (unpaired) electrons. The molecule has 3 aromatic rings. The molecule has 4 nitrogen and oxygen atoms in total. The van der Waals surface area contributed by atoms with Crippen molar-refractivity contribution in [1.82, 2.24) is 4.90 Å². The van der Waals surface area contributed by atoms with Gasteiger partial charge in [-0.05, 0) is 41.1 Å². The van der Waals surface area contributed by atoms with Crippen molar-refractivity contribution in [2.24, 2.45) is 0 Å². The van der Waals surface area contributed by atoms with Gasteiger partial charge in [0, 0.05) is 11.4 Å². The standard InChI is InChI=1S/C22H19NO3S/c24-22(19-14-25-17-8-4-5-9-18(17)26-19)23-12-10-20-16(11-13-27-20)21(23)15-6-2-1-3-7-15/h1-9,11,13,19,21H,10,12,14H2/t19-,21+/m1/s1. The SMILES string of the molecule is O=C([C@H]1COc2ccccc2O1)N1CCc2sccc2[C@@H]1c1ccccc1. The fourth-order valence-corrected chi connectivity index (χ4v) is 4.78. The van der Waals surface area contributed by atoms with Crippen molar-refractivity contribution in [1.29, 1.82) is 0 Å². The quantitative estimate of drug-likeness (QED) is 0.676. The Morgan fingerprint density at radius 3 is 2.63 bits per heavy atom. The first-order valence-electron chi connectivity index (χ1n) is 9.11. The van der Waals surface area contributed by atoms with Gasteiger partial charge >= 0.3 is 0 Å². The summed E-state index contributed by atoms with van der Waals surface area (Å²) >= 11 is 1.77. The highest BCUT2D eigenvalue weighted by Gasteiger charge is 2.38. The van der Waals surface area contributed by atoms with E-state index in [2.05, 4.69) is 23.6 Å². The van der Waals surface area contributed by atoms with Gasteiger partial charge in [0.1, 0.15) is 6.61 Å². The first kappa shape index (κ1) is 16.4. The Hall–Kier alpha value is -2.79. The Kier molecular flexibility index (Phi) is 4.09. The van der Waals surface area contributed by atoms with E-state index in [4.69, 9.17) is 9.47 Å². The summed E-state index contributed by atoms with van der Waals surface area (Å²) in [5.74, 6) is 1.31. The molecule has 27 heavy (non-hydrogen) atoms. The maximum atomic E-state index is 13.4. The number of para-hydroxylation sites is 2. The Bertz CT molecular complexity index is 968. The lowest BCUT2D eigenvalue weighted by atomic mass is 9.93. The molecule has 2 atom stereocenters. The Labute approximate surface area is 162 Å². The smallest absolute Gasteiger partial charge is 0.268 e. The number of rotatable bonds is 2. The predicted molar refractivity (Wildman–Crippen MR) is 104 cm³/mol. The van der Waals surface area contributed by atoms with Crippen molar-refractivity contribution in [3.05, 3.63) is 82.0 Å². The van der Waals surface area contributed by atoms with E-state index in [1.165, 1.54) is 10.4 Å². The Morgan fingerprint density at radius 1 is 1.00 bits per heavy atom. The summed E-state index contributed by atoms with van der Waals surface area (Å²) in [4.78, 5) is 16.7. The van der Waals surface area contributed by atoms with Crippen LogP contribution in [0.15, 0.2) is 66.0 Å². The fourth-order valence-electron chi connectivity index (χ4n) is 3.87. The number of nitrogens with zero attached hydrogens (tertiary/aromatic N) is 1. The summed E-state index contributed by atoms with van der Waals surface area (Å²) in [7, 11) is 0. The van der Waals surface area contributed by atoms with Crippen LogP contribution in [0.4, 0.5) is 0 Å². The lowest BCUT2D eigenvalue weighted by Crippen LogP contribution is -2.49. The maximum Gasteiger partial charge on any atom is 0.268 e. The van der Waals surface area contributed by atoms with Crippen LogP contribution in [0.1, 0.15) is 22.0 Å². The zero-order chi connectivity index (χ0) is 18.2. The maximum absolute atomic E-state index is 13.4. The molecule has 0 spiro atoms. The van der Waals surface area contributed by atoms with E-state index >= 15 is 0 Å². The van der Waals surface area contributed by atoms with E-state index in [0.29, 0.717) is 18.0 Å². The molecule has 3 heterocycles. The number of fused-ring (bicyclic) bond motifs is 2. The average molecular weight is 377 g/mol. The highest BCUT2D eigenvalue weighted by Crippen LogP contribution is 2.39. The van der Waals surface area contributed by atoms with Crippen molar-refractivity contribution in [3.63, 3.8) is 0 Å². The Morgan fingerprint density at radius 2 is 1.78 bits per heavy atom. The van der Waals surface area contributed by atoms with E-state index < -0.39 is 6.10 Å². The highest BCUT2D eigenvalue weighted by atomic mass is 32.1. The van der Waals surface area contributed by atoms with Gasteiger partial charge in [-0.3, -0.25) is 4.79 Å². The van der Waals surface area contributed by atoms with Crippen molar-refractivity contribution < 1.29 is 14.3 Å². The number of carbonyl (C=O) groups is 1. The second-order valence-corrected chi connectivity index (χ2v) is 7.76.